The molecule has 0 radical (unpaired) electrons. The van der Waals surface area contributed by atoms with Crippen LogP contribution in [-0.2, 0) is 9.59 Å². The number of carbonyl (C=O) groups is 2. The highest BCUT2D eigenvalue weighted by atomic mass is 35.5. The third-order valence-electron chi connectivity index (χ3n) is 6.53. The molecule has 2 aromatic rings. The van der Waals surface area contributed by atoms with Crippen LogP contribution in [0.3, 0.4) is 0 Å². The molecule has 2 amide bonds. The van der Waals surface area contributed by atoms with Crippen LogP contribution in [0.5, 0.6) is 0 Å². The number of nitrogens with one attached hydrogen (secondary N) is 2. The molecule has 0 bridgehead atoms. The molecule has 4 fully saturated rings. The van der Waals surface area contributed by atoms with Gasteiger partial charge in [0.15, 0.2) is 11.6 Å². The summed E-state index contributed by atoms with van der Waals surface area (Å²) in [5, 5.41) is 8.98. The number of anilines is 4. The normalized spacial score (nSPS) is 20.7. The predicted molar refractivity (Wildman–Crippen MR) is 145 cm³/mol. The van der Waals surface area contributed by atoms with E-state index in [-0.39, 0.29) is 24.2 Å². The van der Waals surface area contributed by atoms with Crippen molar-refractivity contribution in [2.24, 2.45) is 0 Å². The quantitative estimate of drug-likeness (QED) is 0.606. The Morgan fingerprint density at radius 3 is 1.40 bits per heavy atom. The Balaban J connectivity index is 0.000000160. The zero-order valence-electron chi connectivity index (χ0n) is 19.8. The number of piperazine rings is 2. The molecule has 2 N–H and O–H groups in total. The fourth-order valence-electron chi connectivity index (χ4n) is 4.75. The SMILES string of the molecule is Cl.O=C1CCCN1c1ncsc1N1CCNCC1.O=C1CCCN1c1ncsc1N1CCNCC1. The van der Waals surface area contributed by atoms with E-state index in [1.165, 1.54) is 0 Å². The van der Waals surface area contributed by atoms with Crippen molar-refractivity contribution in [3.8, 4) is 0 Å². The molecule has 0 atom stereocenters. The number of amides is 2. The van der Waals surface area contributed by atoms with Crippen molar-refractivity contribution < 1.29 is 9.59 Å². The summed E-state index contributed by atoms with van der Waals surface area (Å²) in [4.78, 5) is 40.6. The fourth-order valence-corrected chi connectivity index (χ4v) is 6.46. The second-order valence-electron chi connectivity index (χ2n) is 8.73. The maximum Gasteiger partial charge on any atom is 0.228 e. The molecular weight excluding hydrogens is 508 g/mol. The lowest BCUT2D eigenvalue weighted by molar-refractivity contribution is -0.117. The van der Waals surface area contributed by atoms with E-state index < -0.39 is 0 Å². The van der Waals surface area contributed by atoms with Crippen LogP contribution in [0.25, 0.3) is 0 Å². The van der Waals surface area contributed by atoms with Gasteiger partial charge in [0, 0.05) is 78.3 Å². The van der Waals surface area contributed by atoms with Gasteiger partial charge in [0.1, 0.15) is 10.0 Å². The molecule has 6 heterocycles. The summed E-state index contributed by atoms with van der Waals surface area (Å²) in [7, 11) is 0. The van der Waals surface area contributed by atoms with E-state index in [0.717, 1.165) is 99.9 Å². The number of nitrogens with zero attached hydrogens (tertiary/aromatic N) is 6. The van der Waals surface area contributed by atoms with Crippen molar-refractivity contribution in [3.63, 3.8) is 0 Å². The number of hydrogen-bond donors (Lipinski definition) is 2. The number of aromatic nitrogens is 2. The van der Waals surface area contributed by atoms with E-state index >= 15 is 0 Å². The van der Waals surface area contributed by atoms with Crippen molar-refractivity contribution in [2.45, 2.75) is 25.7 Å². The molecule has 0 aromatic carbocycles. The first-order valence-corrected chi connectivity index (χ1v) is 13.9. The van der Waals surface area contributed by atoms with Gasteiger partial charge in [0.2, 0.25) is 11.8 Å². The van der Waals surface area contributed by atoms with Crippen LogP contribution in [0.4, 0.5) is 21.6 Å². The monoisotopic (exact) mass is 540 g/mol. The topological polar surface area (TPSA) is 96.9 Å². The molecule has 4 aliphatic heterocycles. The summed E-state index contributed by atoms with van der Waals surface area (Å²) in [5.41, 5.74) is 3.69. The van der Waals surface area contributed by atoms with Crippen LogP contribution in [-0.4, -0.2) is 87.2 Å². The van der Waals surface area contributed by atoms with Crippen molar-refractivity contribution >= 4 is 68.5 Å². The number of carbonyl (C=O) groups excluding carboxylic acids is 2. The van der Waals surface area contributed by atoms with E-state index in [0.29, 0.717) is 12.8 Å². The first-order valence-electron chi connectivity index (χ1n) is 12.1. The molecule has 0 unspecified atom stereocenters. The molecule has 13 heteroatoms. The average molecular weight is 541 g/mol. The third kappa shape index (κ3) is 5.88. The molecule has 4 aliphatic rings. The molecule has 6 rings (SSSR count). The lowest BCUT2D eigenvalue weighted by Crippen LogP contribution is -2.43. The van der Waals surface area contributed by atoms with E-state index in [4.69, 9.17) is 0 Å². The van der Waals surface area contributed by atoms with Gasteiger partial charge >= 0.3 is 0 Å². The minimum absolute atomic E-state index is 0. The van der Waals surface area contributed by atoms with Crippen molar-refractivity contribution in [1.82, 2.24) is 20.6 Å². The summed E-state index contributed by atoms with van der Waals surface area (Å²) in [6.07, 6.45) is 3.24. The van der Waals surface area contributed by atoms with Gasteiger partial charge in [-0.25, -0.2) is 9.97 Å². The maximum atomic E-state index is 11.8. The van der Waals surface area contributed by atoms with Crippen LogP contribution < -0.4 is 30.2 Å². The molecule has 0 saturated carbocycles. The standard InChI is InChI=1S/2C11H16N4OS.ClH/c2*16-9-2-1-5-15(9)10-11(17-8-13-10)14-6-3-12-4-7-14;/h2*8,12H,1-7H2;1H. The third-order valence-corrected chi connectivity index (χ3v) is 8.28. The van der Waals surface area contributed by atoms with Gasteiger partial charge < -0.3 is 20.4 Å². The van der Waals surface area contributed by atoms with Crippen LogP contribution in [0.15, 0.2) is 11.0 Å². The second-order valence-corrected chi connectivity index (χ2v) is 10.4. The van der Waals surface area contributed by atoms with Gasteiger partial charge in [-0.2, -0.15) is 0 Å². The maximum absolute atomic E-state index is 11.8. The van der Waals surface area contributed by atoms with Crippen LogP contribution in [0, 0.1) is 0 Å². The Morgan fingerprint density at radius 2 is 1.06 bits per heavy atom. The summed E-state index contributed by atoms with van der Waals surface area (Å²) in [6.45, 7) is 9.65. The highest BCUT2D eigenvalue weighted by molar-refractivity contribution is 7.14. The summed E-state index contributed by atoms with van der Waals surface area (Å²) >= 11 is 3.28. The Kier molecular flexibility index (Phi) is 9.17. The zero-order valence-corrected chi connectivity index (χ0v) is 22.2. The Morgan fingerprint density at radius 1 is 0.657 bits per heavy atom. The second kappa shape index (κ2) is 12.3. The number of halogens is 1. The minimum atomic E-state index is 0. The average Bonchev–Trinajstić information content (AvgIpc) is 3.68. The van der Waals surface area contributed by atoms with Crippen LogP contribution >= 0.6 is 35.1 Å². The zero-order chi connectivity index (χ0) is 23.3. The molecule has 192 valence electrons. The van der Waals surface area contributed by atoms with Gasteiger partial charge in [-0.05, 0) is 12.8 Å². The first-order chi connectivity index (χ1) is 16.7. The number of thiazole rings is 2. The molecular formula is C22H33ClN8O2S2. The van der Waals surface area contributed by atoms with E-state index in [2.05, 4.69) is 30.4 Å². The Labute approximate surface area is 220 Å². The Hall–Kier alpha value is -1.99. The number of rotatable bonds is 4. The van der Waals surface area contributed by atoms with E-state index in [1.807, 2.05) is 20.8 Å². The van der Waals surface area contributed by atoms with Crippen molar-refractivity contribution in [2.75, 3.05) is 85.0 Å². The van der Waals surface area contributed by atoms with Gasteiger partial charge in [-0.1, -0.05) is 0 Å². The van der Waals surface area contributed by atoms with Gasteiger partial charge in [0.25, 0.3) is 0 Å². The molecule has 35 heavy (non-hydrogen) atoms. The predicted octanol–water partition coefficient (Wildman–Crippen LogP) is 1.78. The smallest absolute Gasteiger partial charge is 0.228 e. The van der Waals surface area contributed by atoms with Crippen LogP contribution in [0.2, 0.25) is 0 Å². The highest BCUT2D eigenvalue weighted by Gasteiger charge is 2.29. The first kappa shape index (κ1) is 26.1. The van der Waals surface area contributed by atoms with E-state index in [1.54, 1.807) is 22.7 Å². The van der Waals surface area contributed by atoms with Gasteiger partial charge in [0.05, 0.1) is 11.0 Å². The minimum Gasteiger partial charge on any atom is -0.358 e. The summed E-state index contributed by atoms with van der Waals surface area (Å²) in [5.74, 6) is 2.18. The van der Waals surface area contributed by atoms with Crippen molar-refractivity contribution in [3.05, 3.63) is 11.0 Å². The lowest BCUT2D eigenvalue weighted by atomic mass is 10.3. The van der Waals surface area contributed by atoms with Crippen molar-refractivity contribution in [1.29, 1.82) is 0 Å². The largest absolute Gasteiger partial charge is 0.358 e. The van der Waals surface area contributed by atoms with Gasteiger partial charge in [-0.3, -0.25) is 19.4 Å². The lowest BCUT2D eigenvalue weighted by Gasteiger charge is -2.29. The van der Waals surface area contributed by atoms with Gasteiger partial charge in [-0.15, -0.1) is 35.1 Å². The molecule has 4 saturated heterocycles. The molecule has 2 aromatic heterocycles. The summed E-state index contributed by atoms with van der Waals surface area (Å²) in [6, 6.07) is 0. The van der Waals surface area contributed by atoms with E-state index in [9.17, 15) is 9.59 Å². The molecule has 10 nitrogen and oxygen atoms in total. The molecule has 0 spiro atoms. The molecule has 0 aliphatic carbocycles. The Bertz CT molecular complexity index is 912. The van der Waals surface area contributed by atoms with Crippen LogP contribution in [0.1, 0.15) is 25.7 Å². The highest BCUT2D eigenvalue weighted by Crippen LogP contribution is 2.36. The summed E-state index contributed by atoms with van der Waals surface area (Å²) < 4.78 is 0. The fraction of sp³-hybridized carbons (Fsp3) is 0.636. The number of hydrogen-bond acceptors (Lipinski definition) is 10.